The topological polar surface area (TPSA) is 83.9 Å². The molecular formula is C19H18N4O2S. The van der Waals surface area contributed by atoms with Gasteiger partial charge in [-0.15, -0.1) is 11.3 Å². The van der Waals surface area contributed by atoms with Crippen LogP contribution in [0.3, 0.4) is 0 Å². The molecule has 1 aliphatic heterocycles. The summed E-state index contributed by atoms with van der Waals surface area (Å²) in [6.07, 6.45) is 1.23. The molecule has 0 unspecified atom stereocenters. The zero-order valence-electron chi connectivity index (χ0n) is 14.1. The summed E-state index contributed by atoms with van der Waals surface area (Å²) in [7, 11) is 0. The number of aromatic nitrogens is 2. The number of benzene rings is 1. The Hall–Kier alpha value is -2.64. The maximum Gasteiger partial charge on any atom is 0.215 e. The summed E-state index contributed by atoms with van der Waals surface area (Å²) >= 11 is 1.51. The number of pyridine rings is 2. The van der Waals surface area contributed by atoms with E-state index in [9.17, 15) is 9.90 Å². The number of rotatable bonds is 1. The summed E-state index contributed by atoms with van der Waals surface area (Å²) in [5.41, 5.74) is 7.90. The number of hydrogen-bond donors (Lipinski definition) is 2. The van der Waals surface area contributed by atoms with Crippen molar-refractivity contribution in [3.63, 3.8) is 0 Å². The largest absolute Gasteiger partial charge is 0.393 e. The Balaban J connectivity index is 1.82. The summed E-state index contributed by atoms with van der Waals surface area (Å²) < 4.78 is 3.06. The van der Waals surface area contributed by atoms with Gasteiger partial charge in [-0.05, 0) is 37.1 Å². The molecule has 0 spiro atoms. The van der Waals surface area contributed by atoms with Gasteiger partial charge in [-0.3, -0.25) is 9.20 Å². The van der Waals surface area contributed by atoms with Crippen LogP contribution in [0.5, 0.6) is 0 Å². The van der Waals surface area contributed by atoms with E-state index in [1.165, 1.54) is 11.3 Å². The van der Waals surface area contributed by atoms with Crippen LogP contribution >= 0.6 is 11.3 Å². The molecule has 0 atom stereocenters. The molecule has 0 radical (unpaired) electrons. The highest BCUT2D eigenvalue weighted by Crippen LogP contribution is 2.32. The first-order chi connectivity index (χ1) is 12.6. The van der Waals surface area contributed by atoms with E-state index >= 15 is 0 Å². The summed E-state index contributed by atoms with van der Waals surface area (Å²) in [6.45, 7) is 1.52. The van der Waals surface area contributed by atoms with Crippen LogP contribution in [-0.2, 0) is 0 Å². The van der Waals surface area contributed by atoms with Gasteiger partial charge in [0.15, 0.2) is 5.65 Å². The van der Waals surface area contributed by atoms with Crippen molar-refractivity contribution >= 4 is 48.9 Å². The Labute approximate surface area is 153 Å². The number of anilines is 2. The first-order valence-corrected chi connectivity index (χ1v) is 9.50. The molecule has 3 aromatic heterocycles. The third-order valence-electron chi connectivity index (χ3n) is 5.10. The van der Waals surface area contributed by atoms with Gasteiger partial charge in [0.05, 0.1) is 21.7 Å². The van der Waals surface area contributed by atoms with Gasteiger partial charge in [-0.1, -0.05) is 12.1 Å². The van der Waals surface area contributed by atoms with Crippen LogP contribution in [0, 0.1) is 0 Å². The summed E-state index contributed by atoms with van der Waals surface area (Å²) in [5, 5.41) is 10.3. The Kier molecular flexibility index (Phi) is 3.41. The minimum absolute atomic E-state index is 0.167. The molecule has 1 fully saturated rings. The second-order valence-corrected chi connectivity index (χ2v) is 7.74. The monoisotopic (exact) mass is 366 g/mol. The molecule has 1 saturated heterocycles. The number of aliphatic hydroxyl groups is 1. The lowest BCUT2D eigenvalue weighted by molar-refractivity contribution is 0.145. The van der Waals surface area contributed by atoms with Crippen molar-refractivity contribution < 1.29 is 5.11 Å². The average Bonchev–Trinajstić information content (AvgIpc) is 3.06. The third kappa shape index (κ3) is 2.21. The van der Waals surface area contributed by atoms with Crippen molar-refractivity contribution in [2.75, 3.05) is 23.7 Å². The van der Waals surface area contributed by atoms with Crippen molar-refractivity contribution in [3.05, 3.63) is 46.6 Å². The highest BCUT2D eigenvalue weighted by molar-refractivity contribution is 7.24. The van der Waals surface area contributed by atoms with Gasteiger partial charge < -0.3 is 15.7 Å². The van der Waals surface area contributed by atoms with Gasteiger partial charge in [-0.2, -0.15) is 0 Å². The molecule has 4 aromatic rings. The van der Waals surface area contributed by atoms with E-state index in [4.69, 9.17) is 10.7 Å². The van der Waals surface area contributed by atoms with Gasteiger partial charge in [0.1, 0.15) is 16.3 Å². The Bertz CT molecular complexity index is 1210. The number of nitrogens with two attached hydrogens (primary N) is 1. The fourth-order valence-corrected chi connectivity index (χ4v) is 4.77. The van der Waals surface area contributed by atoms with Crippen molar-refractivity contribution in [2.24, 2.45) is 0 Å². The van der Waals surface area contributed by atoms with E-state index in [1.54, 1.807) is 0 Å². The van der Waals surface area contributed by atoms with Crippen LogP contribution in [0.2, 0.25) is 0 Å². The number of thiazole rings is 1. The van der Waals surface area contributed by atoms with Crippen molar-refractivity contribution in [2.45, 2.75) is 18.9 Å². The summed E-state index contributed by atoms with van der Waals surface area (Å²) in [5.74, 6) is 0.831. The SMILES string of the molecule is Nc1c(=O)c2ccc(N3CCC(O)CC3)nc2n2c1sc1ccccc12. The molecule has 0 bridgehead atoms. The molecule has 1 aromatic carbocycles. The predicted octanol–water partition coefficient (Wildman–Crippen LogP) is 2.61. The third-order valence-corrected chi connectivity index (χ3v) is 6.26. The lowest BCUT2D eigenvalue weighted by Gasteiger charge is -2.30. The minimum Gasteiger partial charge on any atom is -0.393 e. The highest BCUT2D eigenvalue weighted by atomic mass is 32.1. The van der Waals surface area contributed by atoms with E-state index in [2.05, 4.69) is 4.90 Å². The smallest absolute Gasteiger partial charge is 0.215 e. The van der Waals surface area contributed by atoms with Gasteiger partial charge in [0.25, 0.3) is 0 Å². The van der Waals surface area contributed by atoms with E-state index < -0.39 is 0 Å². The normalized spacial score (nSPS) is 16.1. The molecule has 0 saturated carbocycles. The molecule has 3 N–H and O–H groups in total. The van der Waals surface area contributed by atoms with E-state index in [0.29, 0.717) is 11.0 Å². The average molecular weight is 366 g/mol. The molecular weight excluding hydrogens is 348 g/mol. The lowest BCUT2D eigenvalue weighted by Crippen LogP contribution is -2.36. The highest BCUT2D eigenvalue weighted by Gasteiger charge is 2.20. The van der Waals surface area contributed by atoms with Crippen LogP contribution in [0.25, 0.3) is 26.1 Å². The van der Waals surface area contributed by atoms with Crippen LogP contribution < -0.4 is 16.1 Å². The molecule has 6 nitrogen and oxygen atoms in total. The second kappa shape index (κ2) is 5.69. The predicted molar refractivity (Wildman–Crippen MR) is 106 cm³/mol. The Morgan fingerprint density at radius 3 is 2.73 bits per heavy atom. The van der Waals surface area contributed by atoms with Crippen molar-refractivity contribution in [1.29, 1.82) is 0 Å². The van der Waals surface area contributed by atoms with Gasteiger partial charge in [0, 0.05) is 13.1 Å². The maximum absolute atomic E-state index is 12.7. The van der Waals surface area contributed by atoms with Crippen molar-refractivity contribution in [1.82, 2.24) is 9.38 Å². The van der Waals surface area contributed by atoms with E-state index in [-0.39, 0.29) is 17.2 Å². The maximum atomic E-state index is 12.7. The van der Waals surface area contributed by atoms with Gasteiger partial charge in [0.2, 0.25) is 5.43 Å². The molecule has 4 heterocycles. The van der Waals surface area contributed by atoms with E-state index in [1.807, 2.05) is 40.8 Å². The molecule has 5 rings (SSSR count). The molecule has 1 aliphatic rings. The lowest BCUT2D eigenvalue weighted by atomic mass is 10.1. The first-order valence-electron chi connectivity index (χ1n) is 8.69. The molecule has 0 aliphatic carbocycles. The summed E-state index contributed by atoms with van der Waals surface area (Å²) in [4.78, 5) is 20.5. The second-order valence-electron chi connectivity index (χ2n) is 6.71. The number of nitrogens with zero attached hydrogens (tertiary/aromatic N) is 3. The minimum atomic E-state index is -0.235. The molecule has 132 valence electrons. The van der Waals surface area contributed by atoms with Crippen LogP contribution in [0.15, 0.2) is 41.2 Å². The number of nitrogen functional groups attached to an aromatic ring is 1. The van der Waals surface area contributed by atoms with Crippen LogP contribution in [0.4, 0.5) is 11.5 Å². The van der Waals surface area contributed by atoms with Crippen LogP contribution in [0.1, 0.15) is 12.8 Å². The quantitative estimate of drug-likeness (QED) is 0.541. The zero-order valence-corrected chi connectivity index (χ0v) is 14.9. The molecule has 26 heavy (non-hydrogen) atoms. The Morgan fingerprint density at radius 2 is 1.92 bits per heavy atom. The number of aliphatic hydroxyl groups excluding tert-OH is 1. The fraction of sp³-hybridized carbons (Fsp3) is 0.263. The standard InChI is InChI=1S/C19H18N4O2S/c20-16-17(25)12-5-6-15(22-9-7-11(24)8-10-22)21-18(12)23-13-3-1-2-4-14(13)26-19(16)23/h1-6,11,24H,7-10,20H2. The van der Waals surface area contributed by atoms with Crippen LogP contribution in [-0.4, -0.2) is 33.7 Å². The number of fused-ring (bicyclic) bond motifs is 5. The van der Waals surface area contributed by atoms with Gasteiger partial charge in [-0.25, -0.2) is 4.98 Å². The Morgan fingerprint density at radius 1 is 1.15 bits per heavy atom. The zero-order chi connectivity index (χ0) is 17.8. The number of piperidine rings is 1. The number of para-hydroxylation sites is 1. The van der Waals surface area contributed by atoms with Gasteiger partial charge >= 0.3 is 0 Å². The molecule has 0 amide bonds. The summed E-state index contributed by atoms with van der Waals surface area (Å²) in [6, 6.07) is 11.7. The van der Waals surface area contributed by atoms with E-state index in [0.717, 1.165) is 46.8 Å². The molecule has 7 heteroatoms. The number of hydrogen-bond acceptors (Lipinski definition) is 6. The first kappa shape index (κ1) is 15.6. The fourth-order valence-electron chi connectivity index (χ4n) is 3.67. The van der Waals surface area contributed by atoms with Crippen molar-refractivity contribution in [3.8, 4) is 0 Å².